The topological polar surface area (TPSA) is 31.4 Å². The molecule has 0 unspecified atom stereocenters. The Morgan fingerprint density at radius 3 is 2.42 bits per heavy atom. The summed E-state index contributed by atoms with van der Waals surface area (Å²) < 4.78 is 12.5. The average molecular weight is 340 g/mol. The van der Waals surface area contributed by atoms with E-state index in [2.05, 4.69) is 20.9 Å². The number of ether oxygens (including phenoxy) is 2. The molecule has 1 aromatic carbocycles. The molecule has 0 bridgehead atoms. The van der Waals surface area contributed by atoms with Crippen LogP contribution in [0.25, 0.3) is 0 Å². The maximum Gasteiger partial charge on any atom is 0.279 e. The third-order valence-corrected chi connectivity index (χ3v) is 4.44. The zero-order valence-corrected chi connectivity index (χ0v) is 12.7. The lowest BCUT2D eigenvalue weighted by molar-refractivity contribution is 0.210. The van der Waals surface area contributed by atoms with Gasteiger partial charge in [-0.2, -0.15) is 0 Å². The second-order valence-corrected chi connectivity index (χ2v) is 6.90. The van der Waals surface area contributed by atoms with E-state index >= 15 is 0 Å². The molecule has 0 atom stereocenters. The largest absolute Gasteiger partial charge is 0.490 e. The first-order valence-corrected chi connectivity index (χ1v) is 7.96. The fourth-order valence-electron chi connectivity index (χ4n) is 2.17. The lowest BCUT2D eigenvalue weighted by Gasteiger charge is -2.13. The van der Waals surface area contributed by atoms with Crippen LogP contribution in [0.15, 0.2) is 34.2 Å². The number of aromatic nitrogens is 1. The number of hydrogen-bond donors (Lipinski definition) is 0. The van der Waals surface area contributed by atoms with Crippen molar-refractivity contribution >= 4 is 27.3 Å². The molecule has 0 aliphatic heterocycles. The summed E-state index contributed by atoms with van der Waals surface area (Å²) in [5, 5.41) is 0.635. The Morgan fingerprint density at radius 2 is 1.79 bits per heavy atom. The van der Waals surface area contributed by atoms with Gasteiger partial charge in [0.05, 0.1) is 16.1 Å². The summed E-state index contributed by atoms with van der Waals surface area (Å²) in [6, 6.07) is 7.74. The van der Waals surface area contributed by atoms with Crippen LogP contribution in [-0.4, -0.2) is 11.1 Å². The van der Waals surface area contributed by atoms with E-state index in [-0.39, 0.29) is 0 Å². The van der Waals surface area contributed by atoms with Gasteiger partial charge < -0.3 is 9.47 Å². The van der Waals surface area contributed by atoms with Crippen molar-refractivity contribution in [3.05, 3.63) is 34.2 Å². The summed E-state index contributed by atoms with van der Waals surface area (Å²) in [5.74, 6) is 1.69. The highest BCUT2D eigenvalue weighted by molar-refractivity contribution is 9.11. The fourth-order valence-corrected chi connectivity index (χ4v) is 3.21. The Morgan fingerprint density at radius 1 is 1.11 bits per heavy atom. The van der Waals surface area contributed by atoms with Crippen molar-refractivity contribution in [1.29, 1.82) is 0 Å². The third kappa shape index (κ3) is 3.48. The van der Waals surface area contributed by atoms with Crippen LogP contribution in [0.3, 0.4) is 0 Å². The molecule has 0 radical (unpaired) electrons. The molecule has 1 aliphatic carbocycles. The minimum atomic E-state index is 0.390. The first-order chi connectivity index (χ1) is 9.29. The van der Waals surface area contributed by atoms with Gasteiger partial charge in [0.15, 0.2) is 0 Å². The van der Waals surface area contributed by atoms with Crippen LogP contribution >= 0.6 is 27.3 Å². The monoisotopic (exact) mass is 339 g/mol. The summed E-state index contributed by atoms with van der Waals surface area (Å²) in [5.41, 5.74) is 0. The summed E-state index contributed by atoms with van der Waals surface area (Å²) in [6.45, 7) is 0. The van der Waals surface area contributed by atoms with Crippen molar-refractivity contribution in [3.8, 4) is 16.7 Å². The maximum atomic E-state index is 5.91. The van der Waals surface area contributed by atoms with Crippen LogP contribution < -0.4 is 9.47 Å². The van der Waals surface area contributed by atoms with Gasteiger partial charge >= 0.3 is 0 Å². The Hall–Kier alpha value is -1.07. The highest BCUT2D eigenvalue weighted by Gasteiger charge is 2.16. The van der Waals surface area contributed by atoms with E-state index in [1.807, 2.05) is 24.3 Å². The van der Waals surface area contributed by atoms with Gasteiger partial charge in [-0.05, 0) is 65.9 Å². The van der Waals surface area contributed by atoms with Crippen molar-refractivity contribution in [2.24, 2.45) is 0 Å². The Labute approximate surface area is 124 Å². The fraction of sp³-hybridized carbons (Fsp3) is 0.357. The molecule has 0 N–H and O–H groups in total. The van der Waals surface area contributed by atoms with Crippen LogP contribution in [0.1, 0.15) is 25.7 Å². The Kier molecular flexibility index (Phi) is 4.03. The lowest BCUT2D eigenvalue weighted by Crippen LogP contribution is -2.10. The number of hydrogen-bond acceptors (Lipinski definition) is 4. The van der Waals surface area contributed by atoms with Crippen LogP contribution in [0.5, 0.6) is 16.7 Å². The van der Waals surface area contributed by atoms with Gasteiger partial charge in [0.1, 0.15) is 11.5 Å². The summed E-state index contributed by atoms with van der Waals surface area (Å²) in [6.07, 6.45) is 7.03. The van der Waals surface area contributed by atoms with Crippen LogP contribution in [0.4, 0.5) is 0 Å². The molecule has 1 aromatic heterocycles. The minimum absolute atomic E-state index is 0.390. The van der Waals surface area contributed by atoms with Gasteiger partial charge in [0, 0.05) is 0 Å². The molecule has 3 nitrogen and oxygen atoms in total. The molecule has 3 rings (SSSR count). The first kappa shape index (κ1) is 12.9. The second-order valence-electron chi connectivity index (χ2n) is 4.53. The van der Waals surface area contributed by atoms with Gasteiger partial charge in [-0.25, -0.2) is 4.98 Å². The van der Waals surface area contributed by atoms with Gasteiger partial charge in [-0.3, -0.25) is 0 Å². The van der Waals surface area contributed by atoms with Gasteiger partial charge in [0.2, 0.25) is 0 Å². The standard InChI is InChI=1S/C14H14BrNO2S/c15-13-9-16-14(19-13)18-12-7-5-11(6-8-12)17-10-3-1-2-4-10/h5-10H,1-4H2. The molecule has 0 saturated heterocycles. The van der Waals surface area contributed by atoms with E-state index in [0.29, 0.717) is 11.3 Å². The molecule has 1 aliphatic rings. The summed E-state index contributed by atoms with van der Waals surface area (Å²) in [4.78, 5) is 4.13. The predicted octanol–water partition coefficient (Wildman–Crippen LogP) is 5.02. The molecule has 100 valence electrons. The number of nitrogens with zero attached hydrogens (tertiary/aromatic N) is 1. The maximum absolute atomic E-state index is 5.91. The summed E-state index contributed by atoms with van der Waals surface area (Å²) in [7, 11) is 0. The van der Waals surface area contributed by atoms with Crippen LogP contribution in [0, 0.1) is 0 Å². The molecule has 5 heteroatoms. The van der Waals surface area contributed by atoms with Crippen molar-refractivity contribution in [2.75, 3.05) is 0 Å². The number of benzene rings is 1. The quantitative estimate of drug-likeness (QED) is 0.783. The van der Waals surface area contributed by atoms with E-state index in [1.165, 1.54) is 37.0 Å². The average Bonchev–Trinajstić information content (AvgIpc) is 3.04. The van der Waals surface area contributed by atoms with Crippen molar-refractivity contribution in [3.63, 3.8) is 0 Å². The Bertz CT molecular complexity index is 535. The van der Waals surface area contributed by atoms with Gasteiger partial charge in [-0.1, -0.05) is 11.3 Å². The molecule has 0 amide bonds. The molecule has 2 aromatic rings. The van der Waals surface area contributed by atoms with E-state index < -0.39 is 0 Å². The van der Waals surface area contributed by atoms with Crippen molar-refractivity contribution in [2.45, 2.75) is 31.8 Å². The highest BCUT2D eigenvalue weighted by atomic mass is 79.9. The molecule has 1 fully saturated rings. The molecule has 0 spiro atoms. The SMILES string of the molecule is Brc1cnc(Oc2ccc(OC3CCCC3)cc2)s1. The molecular formula is C14H14BrNO2S. The van der Waals surface area contributed by atoms with E-state index in [4.69, 9.17) is 9.47 Å². The lowest BCUT2D eigenvalue weighted by atomic mass is 10.3. The van der Waals surface area contributed by atoms with E-state index in [1.54, 1.807) is 6.20 Å². The molecule has 1 saturated carbocycles. The van der Waals surface area contributed by atoms with Gasteiger partial charge in [-0.15, -0.1) is 0 Å². The smallest absolute Gasteiger partial charge is 0.279 e. The first-order valence-electron chi connectivity index (χ1n) is 6.35. The molecular weight excluding hydrogens is 326 g/mol. The normalized spacial score (nSPS) is 15.6. The van der Waals surface area contributed by atoms with Crippen LogP contribution in [-0.2, 0) is 0 Å². The number of rotatable bonds is 4. The number of thiazole rings is 1. The molecule has 19 heavy (non-hydrogen) atoms. The highest BCUT2D eigenvalue weighted by Crippen LogP contribution is 2.31. The molecule has 1 heterocycles. The van der Waals surface area contributed by atoms with Gasteiger partial charge in [0.25, 0.3) is 5.19 Å². The van der Waals surface area contributed by atoms with E-state index in [9.17, 15) is 0 Å². The zero-order chi connectivity index (χ0) is 13.1. The minimum Gasteiger partial charge on any atom is -0.490 e. The zero-order valence-electron chi connectivity index (χ0n) is 10.3. The van der Waals surface area contributed by atoms with E-state index in [0.717, 1.165) is 15.3 Å². The van der Waals surface area contributed by atoms with Crippen LogP contribution in [0.2, 0.25) is 0 Å². The summed E-state index contributed by atoms with van der Waals surface area (Å²) >= 11 is 4.83. The number of halogens is 1. The predicted molar refractivity (Wildman–Crippen MR) is 79.2 cm³/mol. The van der Waals surface area contributed by atoms with Crippen molar-refractivity contribution < 1.29 is 9.47 Å². The third-order valence-electron chi connectivity index (χ3n) is 3.09. The van der Waals surface area contributed by atoms with Crippen molar-refractivity contribution in [1.82, 2.24) is 4.98 Å². The Balaban J connectivity index is 1.61. The second kappa shape index (κ2) is 5.92.